The van der Waals surface area contributed by atoms with Gasteiger partial charge in [0.2, 0.25) is 10.0 Å². The molecule has 0 atom stereocenters. The third-order valence-corrected chi connectivity index (χ3v) is 5.32. The summed E-state index contributed by atoms with van der Waals surface area (Å²) in [5.41, 5.74) is 0.652. The normalized spacial score (nSPS) is 11.7. The first-order valence-corrected chi connectivity index (χ1v) is 8.67. The van der Waals surface area contributed by atoms with E-state index in [4.69, 9.17) is 5.11 Å². The zero-order chi connectivity index (χ0) is 15.3. The molecule has 0 unspecified atom stereocenters. The lowest BCUT2D eigenvalue weighted by atomic mass is 10.2. The third kappa shape index (κ3) is 4.37. The van der Waals surface area contributed by atoms with Crippen LogP contribution in [0.1, 0.15) is 12.0 Å². The number of benzene rings is 1. The Labute approximate surface area is 132 Å². The van der Waals surface area contributed by atoms with Crippen molar-refractivity contribution in [1.82, 2.24) is 14.5 Å². The van der Waals surface area contributed by atoms with Crippen LogP contribution in [0.15, 0.2) is 46.0 Å². The number of aromatic nitrogens is 2. The molecule has 21 heavy (non-hydrogen) atoms. The van der Waals surface area contributed by atoms with Gasteiger partial charge in [0.15, 0.2) is 0 Å². The number of aliphatic hydroxyl groups is 1. The molecule has 0 saturated heterocycles. The summed E-state index contributed by atoms with van der Waals surface area (Å²) in [6.45, 7) is 0.854. The van der Waals surface area contributed by atoms with Crippen LogP contribution >= 0.6 is 15.9 Å². The quantitative estimate of drug-likeness (QED) is 0.720. The summed E-state index contributed by atoms with van der Waals surface area (Å²) < 4.78 is 29.1. The summed E-state index contributed by atoms with van der Waals surface area (Å²) in [6.07, 6.45) is 4.16. The Kier molecular flexibility index (Phi) is 5.51. The number of hydrogen-bond donors (Lipinski definition) is 2. The maximum Gasteiger partial charge on any atom is 0.241 e. The maximum absolute atomic E-state index is 12.2. The van der Waals surface area contributed by atoms with E-state index in [1.165, 1.54) is 6.07 Å². The van der Waals surface area contributed by atoms with Crippen molar-refractivity contribution >= 4 is 26.0 Å². The van der Waals surface area contributed by atoms with Crippen molar-refractivity contribution in [2.45, 2.75) is 24.5 Å². The Balaban J connectivity index is 1.95. The molecule has 2 aromatic rings. The molecule has 8 heteroatoms. The zero-order valence-electron chi connectivity index (χ0n) is 11.2. The molecular weight excluding hydrogens is 358 g/mol. The van der Waals surface area contributed by atoms with E-state index in [1.54, 1.807) is 23.0 Å². The first-order chi connectivity index (χ1) is 10.0. The highest BCUT2D eigenvalue weighted by Crippen LogP contribution is 2.23. The molecule has 0 aliphatic carbocycles. The number of aliphatic hydroxyl groups excluding tert-OH is 1. The van der Waals surface area contributed by atoms with Crippen LogP contribution in [-0.2, 0) is 23.2 Å². The van der Waals surface area contributed by atoms with Gasteiger partial charge in [0, 0.05) is 30.0 Å². The molecule has 0 aliphatic rings. The van der Waals surface area contributed by atoms with Crippen molar-refractivity contribution in [3.63, 3.8) is 0 Å². The molecule has 0 fully saturated rings. The maximum atomic E-state index is 12.2. The molecule has 1 aromatic heterocycles. The Bertz CT molecular complexity index is 687. The Morgan fingerprint density at radius 3 is 2.81 bits per heavy atom. The predicted molar refractivity (Wildman–Crippen MR) is 82.1 cm³/mol. The van der Waals surface area contributed by atoms with E-state index in [2.05, 4.69) is 25.8 Å². The van der Waals surface area contributed by atoms with Crippen molar-refractivity contribution < 1.29 is 13.5 Å². The van der Waals surface area contributed by atoms with Gasteiger partial charge in [-0.15, -0.1) is 0 Å². The molecule has 0 aliphatic heterocycles. The second-order valence-electron chi connectivity index (χ2n) is 4.44. The summed E-state index contributed by atoms with van der Waals surface area (Å²) in [5.74, 6) is 0. The molecule has 114 valence electrons. The van der Waals surface area contributed by atoms with Crippen LogP contribution in [0, 0.1) is 0 Å². The van der Waals surface area contributed by atoms with Gasteiger partial charge in [-0.2, -0.15) is 5.10 Å². The van der Waals surface area contributed by atoms with E-state index in [0.717, 1.165) is 0 Å². The van der Waals surface area contributed by atoms with E-state index < -0.39 is 10.0 Å². The zero-order valence-corrected chi connectivity index (χ0v) is 13.6. The van der Waals surface area contributed by atoms with Crippen molar-refractivity contribution in [1.29, 1.82) is 0 Å². The SMILES string of the molecule is O=S(=O)(NCCCn1cccn1)c1ccc(CO)cc1Br. The fourth-order valence-corrected chi connectivity index (χ4v) is 4.02. The Hall–Kier alpha value is -1.22. The van der Waals surface area contributed by atoms with Crippen molar-refractivity contribution in [2.24, 2.45) is 0 Å². The number of nitrogens with zero attached hydrogens (tertiary/aromatic N) is 2. The molecule has 0 bridgehead atoms. The molecule has 6 nitrogen and oxygen atoms in total. The summed E-state index contributed by atoms with van der Waals surface area (Å²) >= 11 is 3.22. The van der Waals surface area contributed by atoms with Crippen LogP contribution in [0.2, 0.25) is 0 Å². The predicted octanol–water partition coefficient (Wildman–Crippen LogP) is 1.51. The molecule has 2 N–H and O–H groups in total. The minimum absolute atomic E-state index is 0.129. The number of halogens is 1. The molecule has 0 radical (unpaired) electrons. The summed E-state index contributed by atoms with van der Waals surface area (Å²) in [4.78, 5) is 0.166. The second-order valence-corrected chi connectivity index (χ2v) is 7.03. The van der Waals surface area contributed by atoms with E-state index in [-0.39, 0.29) is 11.5 Å². The largest absolute Gasteiger partial charge is 0.392 e. The van der Waals surface area contributed by atoms with Gasteiger partial charge in [-0.3, -0.25) is 4.68 Å². The minimum Gasteiger partial charge on any atom is -0.392 e. The van der Waals surface area contributed by atoms with Gasteiger partial charge in [0.05, 0.1) is 11.5 Å². The summed E-state index contributed by atoms with van der Waals surface area (Å²) in [7, 11) is -3.57. The first kappa shape index (κ1) is 16.2. The highest BCUT2D eigenvalue weighted by molar-refractivity contribution is 9.10. The average molecular weight is 374 g/mol. The van der Waals surface area contributed by atoms with Crippen LogP contribution in [-0.4, -0.2) is 29.8 Å². The smallest absolute Gasteiger partial charge is 0.241 e. The fourth-order valence-electron chi connectivity index (χ4n) is 1.82. The van der Waals surface area contributed by atoms with Crippen LogP contribution in [0.5, 0.6) is 0 Å². The summed E-state index contributed by atoms with van der Waals surface area (Å²) in [6, 6.07) is 6.48. The monoisotopic (exact) mass is 373 g/mol. The number of aryl methyl sites for hydroxylation is 1. The van der Waals surface area contributed by atoms with Crippen molar-refractivity contribution in [3.05, 3.63) is 46.7 Å². The number of sulfonamides is 1. The van der Waals surface area contributed by atoms with Gasteiger partial charge in [-0.05, 0) is 46.1 Å². The number of rotatable bonds is 7. The molecule has 1 heterocycles. The number of nitrogens with one attached hydrogen (secondary N) is 1. The summed E-state index contributed by atoms with van der Waals surface area (Å²) in [5, 5.41) is 13.1. The molecule has 2 rings (SSSR count). The van der Waals surface area contributed by atoms with Crippen LogP contribution in [0.3, 0.4) is 0 Å². The Morgan fingerprint density at radius 1 is 1.38 bits per heavy atom. The lowest BCUT2D eigenvalue weighted by molar-refractivity contribution is 0.281. The average Bonchev–Trinajstić information content (AvgIpc) is 2.96. The lowest BCUT2D eigenvalue weighted by Gasteiger charge is -2.09. The van der Waals surface area contributed by atoms with E-state index in [0.29, 0.717) is 29.5 Å². The second kappa shape index (κ2) is 7.17. The van der Waals surface area contributed by atoms with Gasteiger partial charge in [0.1, 0.15) is 0 Å². The highest BCUT2D eigenvalue weighted by Gasteiger charge is 2.17. The van der Waals surface area contributed by atoms with Gasteiger partial charge in [0.25, 0.3) is 0 Å². The van der Waals surface area contributed by atoms with Gasteiger partial charge < -0.3 is 5.11 Å². The van der Waals surface area contributed by atoms with Crippen molar-refractivity contribution in [2.75, 3.05) is 6.54 Å². The minimum atomic E-state index is -3.57. The lowest BCUT2D eigenvalue weighted by Crippen LogP contribution is -2.26. The Morgan fingerprint density at radius 2 is 2.19 bits per heavy atom. The number of hydrogen-bond acceptors (Lipinski definition) is 4. The fraction of sp³-hybridized carbons (Fsp3) is 0.308. The highest BCUT2D eigenvalue weighted by atomic mass is 79.9. The molecule has 0 saturated carbocycles. The third-order valence-electron chi connectivity index (χ3n) is 2.88. The van der Waals surface area contributed by atoms with E-state index in [1.807, 2.05) is 12.3 Å². The van der Waals surface area contributed by atoms with Crippen LogP contribution in [0.25, 0.3) is 0 Å². The van der Waals surface area contributed by atoms with Gasteiger partial charge in [-0.25, -0.2) is 13.1 Å². The topological polar surface area (TPSA) is 84.2 Å². The van der Waals surface area contributed by atoms with Crippen molar-refractivity contribution in [3.8, 4) is 0 Å². The van der Waals surface area contributed by atoms with Gasteiger partial charge >= 0.3 is 0 Å². The van der Waals surface area contributed by atoms with Crippen LogP contribution < -0.4 is 4.72 Å². The van der Waals surface area contributed by atoms with Gasteiger partial charge in [-0.1, -0.05) is 6.07 Å². The molecular formula is C13H16BrN3O3S. The molecule has 1 aromatic carbocycles. The van der Waals surface area contributed by atoms with E-state index in [9.17, 15) is 8.42 Å². The standard InChI is InChI=1S/C13H16BrN3O3S/c14-12-9-11(10-18)3-4-13(12)21(19,20)16-6-2-8-17-7-1-5-15-17/h1,3-5,7,9,16,18H,2,6,8,10H2. The van der Waals surface area contributed by atoms with Crippen LogP contribution in [0.4, 0.5) is 0 Å². The van der Waals surface area contributed by atoms with E-state index >= 15 is 0 Å². The first-order valence-electron chi connectivity index (χ1n) is 6.39. The molecule has 0 spiro atoms. The molecule has 0 amide bonds.